The molecule has 2 aromatic heterocycles. The van der Waals surface area contributed by atoms with Gasteiger partial charge in [-0.25, -0.2) is 4.98 Å². The van der Waals surface area contributed by atoms with Gasteiger partial charge >= 0.3 is 0 Å². The first-order valence-electron chi connectivity index (χ1n) is 9.63. The number of amides is 1. The van der Waals surface area contributed by atoms with Crippen LogP contribution in [0.2, 0.25) is 0 Å². The first-order valence-corrected chi connectivity index (χ1v) is 9.63. The number of anilines is 1. The summed E-state index contributed by atoms with van der Waals surface area (Å²) < 4.78 is 5.92. The fourth-order valence-electron chi connectivity index (χ4n) is 3.43. The van der Waals surface area contributed by atoms with Gasteiger partial charge in [-0.2, -0.15) is 4.98 Å². The van der Waals surface area contributed by atoms with E-state index in [9.17, 15) is 4.79 Å². The van der Waals surface area contributed by atoms with Crippen molar-refractivity contribution in [2.75, 3.05) is 19.0 Å². The van der Waals surface area contributed by atoms with Crippen LogP contribution in [0, 0.1) is 12.8 Å². The van der Waals surface area contributed by atoms with Crippen molar-refractivity contribution in [2.45, 2.75) is 19.9 Å². The predicted molar refractivity (Wildman–Crippen MR) is 115 cm³/mol. The van der Waals surface area contributed by atoms with E-state index in [0.717, 1.165) is 17.0 Å². The van der Waals surface area contributed by atoms with Crippen LogP contribution >= 0.6 is 0 Å². The van der Waals surface area contributed by atoms with Gasteiger partial charge in [-0.15, -0.1) is 0 Å². The molecule has 1 aliphatic rings. The maximum Gasteiger partial charge on any atom is 0.251 e. The highest BCUT2D eigenvalue weighted by Gasteiger charge is 2.27. The molecule has 6 heteroatoms. The summed E-state index contributed by atoms with van der Waals surface area (Å²) >= 11 is 0. The molecule has 1 aliphatic carbocycles. The molecule has 2 unspecified atom stereocenters. The minimum absolute atomic E-state index is 0.00939. The number of benzene rings is 1. The van der Waals surface area contributed by atoms with Crippen LogP contribution in [0.4, 0.5) is 5.69 Å². The van der Waals surface area contributed by atoms with Gasteiger partial charge in [0.05, 0.1) is 6.04 Å². The third-order valence-electron chi connectivity index (χ3n) is 5.19. The van der Waals surface area contributed by atoms with Crippen molar-refractivity contribution in [1.29, 1.82) is 0 Å². The van der Waals surface area contributed by atoms with E-state index in [2.05, 4.69) is 22.2 Å². The lowest BCUT2D eigenvalue weighted by molar-refractivity contribution is 0.0939. The Labute approximate surface area is 170 Å². The highest BCUT2D eigenvalue weighted by Crippen LogP contribution is 2.31. The van der Waals surface area contributed by atoms with Gasteiger partial charge < -0.3 is 14.6 Å². The quantitative estimate of drug-likeness (QED) is 0.732. The molecule has 3 aromatic rings. The second kappa shape index (κ2) is 7.54. The van der Waals surface area contributed by atoms with Gasteiger partial charge in [-0.1, -0.05) is 31.2 Å². The molecular formula is C23H24N4O2. The molecule has 148 valence electrons. The summed E-state index contributed by atoms with van der Waals surface area (Å²) in [4.78, 5) is 23.8. The van der Waals surface area contributed by atoms with E-state index < -0.39 is 0 Å². The zero-order valence-corrected chi connectivity index (χ0v) is 17.0. The zero-order chi connectivity index (χ0) is 20.5. The van der Waals surface area contributed by atoms with Gasteiger partial charge in [0.2, 0.25) is 5.89 Å². The van der Waals surface area contributed by atoms with Gasteiger partial charge in [-0.05, 0) is 37.3 Å². The Kier molecular flexibility index (Phi) is 4.92. The van der Waals surface area contributed by atoms with Crippen LogP contribution < -0.4 is 10.2 Å². The number of hydrogen-bond acceptors (Lipinski definition) is 5. The molecule has 2 atom stereocenters. The summed E-state index contributed by atoms with van der Waals surface area (Å²) in [7, 11) is 3.91. The molecular weight excluding hydrogens is 364 g/mol. The van der Waals surface area contributed by atoms with Crippen molar-refractivity contribution in [3.63, 3.8) is 0 Å². The number of rotatable bonds is 4. The van der Waals surface area contributed by atoms with Gasteiger partial charge in [-0.3, -0.25) is 4.79 Å². The number of fused-ring (bicyclic) bond motifs is 1. The normalized spacial score (nSPS) is 18.6. The van der Waals surface area contributed by atoms with Crippen LogP contribution in [0.25, 0.3) is 16.8 Å². The van der Waals surface area contributed by atoms with Gasteiger partial charge in [0, 0.05) is 42.5 Å². The third-order valence-corrected chi connectivity index (χ3v) is 5.19. The number of nitrogens with zero attached hydrogens (tertiary/aromatic N) is 3. The van der Waals surface area contributed by atoms with Crippen LogP contribution in [0.15, 0.2) is 59.0 Å². The first kappa shape index (κ1) is 18.9. The van der Waals surface area contributed by atoms with Crippen molar-refractivity contribution in [2.24, 2.45) is 5.92 Å². The number of carbonyl (C=O) groups excluding carboxylic acids is 1. The maximum absolute atomic E-state index is 12.8. The van der Waals surface area contributed by atoms with Crippen molar-refractivity contribution < 1.29 is 9.21 Å². The van der Waals surface area contributed by atoms with Crippen LogP contribution in [0.3, 0.4) is 0 Å². The smallest absolute Gasteiger partial charge is 0.251 e. The largest absolute Gasteiger partial charge is 0.435 e. The molecule has 6 nitrogen and oxygen atoms in total. The molecule has 2 heterocycles. The molecule has 1 aromatic carbocycles. The standard InChI is InChI=1S/C23H24N4O2/c1-14-11-12-20-21(24-14)26-23(29-20)18-9-6-10-19(15(18)2)25-22(28)16-7-5-8-17(13-16)27(3)4/h5-13,15,19H,1-4H3,(H,25,28). The molecule has 1 amide bonds. The molecule has 0 bridgehead atoms. The number of allylic oxidation sites excluding steroid dienone is 2. The van der Waals surface area contributed by atoms with Crippen molar-refractivity contribution in [3.8, 4) is 0 Å². The molecule has 29 heavy (non-hydrogen) atoms. The van der Waals surface area contributed by atoms with E-state index in [4.69, 9.17) is 4.42 Å². The highest BCUT2D eigenvalue weighted by molar-refractivity contribution is 5.95. The average molecular weight is 388 g/mol. The minimum Gasteiger partial charge on any atom is -0.435 e. The van der Waals surface area contributed by atoms with E-state index >= 15 is 0 Å². The van der Waals surface area contributed by atoms with E-state index in [-0.39, 0.29) is 17.9 Å². The Bertz CT molecular complexity index is 1130. The molecule has 0 aliphatic heterocycles. The van der Waals surface area contributed by atoms with E-state index in [1.54, 1.807) is 0 Å². The first-order chi connectivity index (χ1) is 13.9. The fraction of sp³-hybridized carbons (Fsp3) is 0.261. The van der Waals surface area contributed by atoms with Crippen LogP contribution in [0.1, 0.15) is 28.9 Å². The Balaban J connectivity index is 1.54. The van der Waals surface area contributed by atoms with Crippen molar-refractivity contribution >= 4 is 28.4 Å². The second-order valence-corrected chi connectivity index (χ2v) is 7.53. The molecule has 0 radical (unpaired) electrons. The summed E-state index contributed by atoms with van der Waals surface area (Å²) in [6.45, 7) is 3.99. The second-order valence-electron chi connectivity index (χ2n) is 7.53. The summed E-state index contributed by atoms with van der Waals surface area (Å²) in [6.07, 6.45) is 5.91. The van der Waals surface area contributed by atoms with Crippen molar-refractivity contribution in [3.05, 3.63) is 71.8 Å². The summed E-state index contributed by atoms with van der Waals surface area (Å²) in [5.74, 6) is 0.449. The number of aryl methyl sites for hydroxylation is 1. The highest BCUT2D eigenvalue weighted by atomic mass is 16.3. The lowest BCUT2D eigenvalue weighted by Crippen LogP contribution is -2.39. The number of carbonyl (C=O) groups is 1. The van der Waals surface area contributed by atoms with Crippen LogP contribution in [-0.4, -0.2) is 36.0 Å². The lowest BCUT2D eigenvalue weighted by Gasteiger charge is -2.26. The number of oxazole rings is 1. The predicted octanol–water partition coefficient (Wildman–Crippen LogP) is 3.99. The van der Waals surface area contributed by atoms with Crippen LogP contribution in [-0.2, 0) is 0 Å². The lowest BCUT2D eigenvalue weighted by atomic mass is 9.88. The molecule has 0 fully saturated rings. The molecule has 1 N–H and O–H groups in total. The molecule has 0 spiro atoms. The maximum atomic E-state index is 12.8. The summed E-state index contributed by atoms with van der Waals surface area (Å²) in [5, 5.41) is 3.12. The fourth-order valence-corrected chi connectivity index (χ4v) is 3.43. The minimum atomic E-state index is -0.157. The SMILES string of the molecule is Cc1ccc2oc(C3=CC=CC(NC(=O)c4cccc(N(C)C)c4)C3C)nc2n1. The van der Waals surface area contributed by atoms with Crippen molar-refractivity contribution in [1.82, 2.24) is 15.3 Å². The number of aromatic nitrogens is 2. The third kappa shape index (κ3) is 3.78. The summed E-state index contributed by atoms with van der Waals surface area (Å²) in [6, 6.07) is 11.2. The van der Waals surface area contributed by atoms with Crippen LogP contribution in [0.5, 0.6) is 0 Å². The van der Waals surface area contributed by atoms with E-state index in [1.165, 1.54) is 0 Å². The van der Waals surface area contributed by atoms with Gasteiger partial charge in [0.15, 0.2) is 11.2 Å². The number of nitrogens with one attached hydrogen (secondary N) is 1. The Morgan fingerprint density at radius 3 is 2.79 bits per heavy atom. The van der Waals surface area contributed by atoms with E-state index in [1.807, 2.05) is 80.5 Å². The average Bonchev–Trinajstić information content (AvgIpc) is 3.12. The van der Waals surface area contributed by atoms with Gasteiger partial charge in [0.25, 0.3) is 5.91 Å². The summed E-state index contributed by atoms with van der Waals surface area (Å²) in [5.41, 5.74) is 4.72. The zero-order valence-electron chi connectivity index (χ0n) is 17.0. The number of hydrogen-bond donors (Lipinski definition) is 1. The van der Waals surface area contributed by atoms with Gasteiger partial charge in [0.1, 0.15) is 0 Å². The Morgan fingerprint density at radius 1 is 1.17 bits per heavy atom. The number of pyridine rings is 1. The Morgan fingerprint density at radius 2 is 2.00 bits per heavy atom. The van der Waals surface area contributed by atoms with E-state index in [0.29, 0.717) is 22.7 Å². The molecule has 4 rings (SSSR count). The molecule has 0 saturated carbocycles. The monoisotopic (exact) mass is 388 g/mol. The molecule has 0 saturated heterocycles. The topological polar surface area (TPSA) is 71.3 Å². The Hall–Kier alpha value is -3.41.